The standard InChI is InChI=1S/C13H18ClNOS/c14-8-9-15(11-6-7-11)13(16)5-1-3-12-4-2-10-17-12/h2,4,10-11H,1,3,5-9H2. The molecule has 1 aromatic rings. The quantitative estimate of drug-likeness (QED) is 0.697. The van der Waals surface area contributed by atoms with Gasteiger partial charge in [0.2, 0.25) is 5.91 Å². The number of nitrogens with zero attached hydrogens (tertiary/aromatic N) is 1. The molecule has 17 heavy (non-hydrogen) atoms. The summed E-state index contributed by atoms with van der Waals surface area (Å²) in [7, 11) is 0. The van der Waals surface area contributed by atoms with Gasteiger partial charge in [-0.15, -0.1) is 22.9 Å². The van der Waals surface area contributed by atoms with Crippen molar-refractivity contribution in [3.05, 3.63) is 22.4 Å². The molecule has 1 aromatic heterocycles. The van der Waals surface area contributed by atoms with Crippen molar-refractivity contribution in [2.45, 2.75) is 38.1 Å². The summed E-state index contributed by atoms with van der Waals surface area (Å²) in [5.74, 6) is 0.831. The lowest BCUT2D eigenvalue weighted by Crippen LogP contribution is -2.34. The van der Waals surface area contributed by atoms with Gasteiger partial charge in [-0.05, 0) is 37.1 Å². The van der Waals surface area contributed by atoms with E-state index < -0.39 is 0 Å². The van der Waals surface area contributed by atoms with Crippen molar-refractivity contribution in [3.8, 4) is 0 Å². The molecule has 4 heteroatoms. The van der Waals surface area contributed by atoms with Crippen LogP contribution in [-0.4, -0.2) is 29.3 Å². The van der Waals surface area contributed by atoms with Crippen LogP contribution in [-0.2, 0) is 11.2 Å². The summed E-state index contributed by atoms with van der Waals surface area (Å²) in [6.07, 6.45) is 4.94. The van der Waals surface area contributed by atoms with E-state index in [2.05, 4.69) is 17.5 Å². The van der Waals surface area contributed by atoms with Crippen LogP contribution in [0.2, 0.25) is 0 Å². The van der Waals surface area contributed by atoms with Crippen molar-refractivity contribution in [3.63, 3.8) is 0 Å². The van der Waals surface area contributed by atoms with Gasteiger partial charge in [-0.25, -0.2) is 0 Å². The van der Waals surface area contributed by atoms with E-state index in [9.17, 15) is 4.79 Å². The van der Waals surface area contributed by atoms with E-state index in [-0.39, 0.29) is 5.91 Å². The first-order chi connectivity index (χ1) is 8.31. The molecular weight excluding hydrogens is 254 g/mol. The molecule has 1 aliphatic carbocycles. The van der Waals surface area contributed by atoms with Crippen LogP contribution in [0.5, 0.6) is 0 Å². The number of amides is 1. The highest BCUT2D eigenvalue weighted by Crippen LogP contribution is 2.27. The Morgan fingerprint density at radius 2 is 2.35 bits per heavy atom. The fraction of sp³-hybridized carbons (Fsp3) is 0.615. The number of rotatable bonds is 7. The van der Waals surface area contributed by atoms with Gasteiger partial charge in [0.15, 0.2) is 0 Å². The summed E-state index contributed by atoms with van der Waals surface area (Å²) in [6.45, 7) is 0.712. The minimum absolute atomic E-state index is 0.282. The first-order valence-corrected chi connectivity index (χ1v) is 7.60. The van der Waals surface area contributed by atoms with E-state index in [0.717, 1.165) is 25.7 Å². The fourth-order valence-electron chi connectivity index (χ4n) is 2.00. The van der Waals surface area contributed by atoms with Crippen molar-refractivity contribution in [2.75, 3.05) is 12.4 Å². The summed E-state index contributed by atoms with van der Waals surface area (Å²) in [5.41, 5.74) is 0. The van der Waals surface area contributed by atoms with Gasteiger partial charge in [-0.1, -0.05) is 6.07 Å². The number of aryl methyl sites for hydroxylation is 1. The molecule has 0 atom stereocenters. The van der Waals surface area contributed by atoms with Gasteiger partial charge in [-0.3, -0.25) is 4.79 Å². The first-order valence-electron chi connectivity index (χ1n) is 6.19. The third-order valence-electron chi connectivity index (χ3n) is 3.03. The molecule has 1 saturated carbocycles. The van der Waals surface area contributed by atoms with Crippen LogP contribution >= 0.6 is 22.9 Å². The van der Waals surface area contributed by atoms with E-state index in [1.165, 1.54) is 4.88 Å². The Kier molecular flexibility index (Phi) is 4.86. The predicted octanol–water partition coefficient (Wildman–Crippen LogP) is 3.30. The van der Waals surface area contributed by atoms with Crippen molar-refractivity contribution >= 4 is 28.8 Å². The van der Waals surface area contributed by atoms with Gasteiger partial charge >= 0.3 is 0 Å². The van der Waals surface area contributed by atoms with Crippen LogP contribution in [0.4, 0.5) is 0 Å². The Bertz CT molecular complexity index is 348. The zero-order chi connectivity index (χ0) is 12.1. The van der Waals surface area contributed by atoms with Crippen LogP contribution in [0.25, 0.3) is 0 Å². The van der Waals surface area contributed by atoms with Crippen molar-refractivity contribution in [2.24, 2.45) is 0 Å². The molecule has 1 amide bonds. The monoisotopic (exact) mass is 271 g/mol. The Morgan fingerprint density at radius 1 is 1.53 bits per heavy atom. The molecule has 1 aliphatic rings. The molecule has 1 fully saturated rings. The van der Waals surface area contributed by atoms with Gasteiger partial charge < -0.3 is 4.90 Å². The molecule has 94 valence electrons. The van der Waals surface area contributed by atoms with E-state index in [0.29, 0.717) is 24.9 Å². The fourth-order valence-corrected chi connectivity index (χ4v) is 2.93. The normalized spacial score (nSPS) is 14.9. The molecule has 0 unspecified atom stereocenters. The van der Waals surface area contributed by atoms with Crippen LogP contribution < -0.4 is 0 Å². The number of hydrogen-bond donors (Lipinski definition) is 0. The average Bonchev–Trinajstić information content (AvgIpc) is 3.03. The van der Waals surface area contributed by atoms with Crippen LogP contribution in [0.3, 0.4) is 0 Å². The SMILES string of the molecule is O=C(CCCc1cccs1)N(CCCl)C1CC1. The smallest absolute Gasteiger partial charge is 0.222 e. The summed E-state index contributed by atoms with van der Waals surface area (Å²) in [4.78, 5) is 15.4. The Hall–Kier alpha value is -0.540. The highest BCUT2D eigenvalue weighted by Gasteiger charge is 2.31. The molecule has 2 rings (SSSR count). The maximum Gasteiger partial charge on any atom is 0.222 e. The van der Waals surface area contributed by atoms with Gasteiger partial charge in [0.25, 0.3) is 0 Å². The van der Waals surface area contributed by atoms with Gasteiger partial charge in [-0.2, -0.15) is 0 Å². The lowest BCUT2D eigenvalue weighted by molar-refractivity contribution is -0.131. The summed E-state index contributed by atoms with van der Waals surface area (Å²) in [6, 6.07) is 4.68. The van der Waals surface area contributed by atoms with Crippen molar-refractivity contribution in [1.29, 1.82) is 0 Å². The van der Waals surface area contributed by atoms with E-state index in [1.807, 2.05) is 4.90 Å². The van der Waals surface area contributed by atoms with Crippen LogP contribution in [0.15, 0.2) is 17.5 Å². The zero-order valence-electron chi connectivity index (χ0n) is 9.90. The average molecular weight is 272 g/mol. The van der Waals surface area contributed by atoms with Crippen molar-refractivity contribution < 1.29 is 4.79 Å². The molecule has 0 aliphatic heterocycles. The maximum atomic E-state index is 12.0. The highest BCUT2D eigenvalue weighted by atomic mass is 35.5. The third-order valence-corrected chi connectivity index (χ3v) is 4.13. The Balaban J connectivity index is 1.71. The van der Waals surface area contributed by atoms with Gasteiger partial charge in [0.05, 0.1) is 0 Å². The van der Waals surface area contributed by atoms with E-state index in [4.69, 9.17) is 11.6 Å². The summed E-state index contributed by atoms with van der Waals surface area (Å²) >= 11 is 7.50. The van der Waals surface area contributed by atoms with Crippen LogP contribution in [0, 0.1) is 0 Å². The molecule has 0 aromatic carbocycles. The highest BCUT2D eigenvalue weighted by molar-refractivity contribution is 7.09. The second-order valence-corrected chi connectivity index (χ2v) is 5.85. The summed E-state index contributed by atoms with van der Waals surface area (Å²) < 4.78 is 0. The number of alkyl halides is 1. The molecular formula is C13H18ClNOS. The van der Waals surface area contributed by atoms with Crippen LogP contribution in [0.1, 0.15) is 30.6 Å². The number of carbonyl (C=O) groups is 1. The molecule has 0 bridgehead atoms. The molecule has 0 N–H and O–H groups in total. The number of hydrogen-bond acceptors (Lipinski definition) is 2. The molecule has 0 saturated heterocycles. The predicted molar refractivity (Wildman–Crippen MR) is 72.7 cm³/mol. The minimum atomic E-state index is 0.282. The number of thiophene rings is 1. The molecule has 1 heterocycles. The second kappa shape index (κ2) is 6.41. The molecule has 0 spiro atoms. The van der Waals surface area contributed by atoms with Gasteiger partial charge in [0.1, 0.15) is 0 Å². The number of halogens is 1. The third kappa shape index (κ3) is 4.00. The maximum absolute atomic E-state index is 12.0. The van der Waals surface area contributed by atoms with E-state index in [1.54, 1.807) is 11.3 Å². The number of carbonyl (C=O) groups excluding carboxylic acids is 1. The zero-order valence-corrected chi connectivity index (χ0v) is 11.5. The lowest BCUT2D eigenvalue weighted by atomic mass is 10.2. The Morgan fingerprint density at radius 3 is 2.94 bits per heavy atom. The largest absolute Gasteiger partial charge is 0.339 e. The molecule has 0 radical (unpaired) electrons. The summed E-state index contributed by atoms with van der Waals surface area (Å²) in [5, 5.41) is 2.08. The second-order valence-electron chi connectivity index (χ2n) is 4.44. The minimum Gasteiger partial charge on any atom is -0.339 e. The topological polar surface area (TPSA) is 20.3 Å². The molecule has 2 nitrogen and oxygen atoms in total. The van der Waals surface area contributed by atoms with Gasteiger partial charge in [0, 0.05) is 29.8 Å². The van der Waals surface area contributed by atoms with E-state index >= 15 is 0 Å². The van der Waals surface area contributed by atoms with Crippen molar-refractivity contribution in [1.82, 2.24) is 4.90 Å². The Labute approximate surface area is 112 Å². The first kappa shape index (κ1) is 12.9. The lowest BCUT2D eigenvalue weighted by Gasteiger charge is -2.21.